The Bertz CT molecular complexity index is 322. The van der Waals surface area contributed by atoms with Crippen LogP contribution >= 0.6 is 24.0 Å². The molecular formula is C15H28N2OS2. The third-order valence-corrected chi connectivity index (χ3v) is 5.81. The molecule has 1 aliphatic rings. The largest absolute Gasteiger partial charge is 0.392 e. The lowest BCUT2D eigenvalue weighted by atomic mass is 9.78. The van der Waals surface area contributed by atoms with Gasteiger partial charge in [0.05, 0.1) is 10.4 Å². The minimum atomic E-state index is -0.641. The van der Waals surface area contributed by atoms with Crippen molar-refractivity contribution in [2.75, 3.05) is 12.3 Å². The van der Waals surface area contributed by atoms with Crippen LogP contribution in [0, 0.1) is 5.41 Å². The van der Waals surface area contributed by atoms with Gasteiger partial charge in [-0.3, -0.25) is 4.79 Å². The fraction of sp³-hybridized carbons (Fsp3) is 0.867. The molecule has 1 atom stereocenters. The van der Waals surface area contributed by atoms with Crippen LogP contribution in [0.2, 0.25) is 0 Å². The molecule has 1 saturated heterocycles. The second kappa shape index (κ2) is 8.88. The standard InChI is InChI=1S/C15H28N2OS2/c1-3-8-15(9-4-2,13(16)19)14(18)17-11-12-7-5-6-10-20-12/h12H,3-11H2,1-2H3,(H2,16,19)(H,17,18). The van der Waals surface area contributed by atoms with Crippen LogP contribution < -0.4 is 11.1 Å². The zero-order valence-corrected chi connectivity index (χ0v) is 14.4. The summed E-state index contributed by atoms with van der Waals surface area (Å²) in [5.74, 6) is 1.25. The number of carbonyl (C=O) groups excluding carboxylic acids is 1. The smallest absolute Gasteiger partial charge is 0.233 e. The summed E-state index contributed by atoms with van der Waals surface area (Å²) in [6.45, 7) is 4.90. The minimum Gasteiger partial charge on any atom is -0.392 e. The van der Waals surface area contributed by atoms with Gasteiger partial charge in [-0.1, -0.05) is 45.3 Å². The first-order valence-corrected chi connectivity index (χ1v) is 9.22. The second-order valence-electron chi connectivity index (χ2n) is 5.64. The van der Waals surface area contributed by atoms with Crippen molar-refractivity contribution >= 4 is 34.9 Å². The van der Waals surface area contributed by atoms with Gasteiger partial charge in [0.15, 0.2) is 0 Å². The van der Waals surface area contributed by atoms with Gasteiger partial charge in [0, 0.05) is 11.8 Å². The van der Waals surface area contributed by atoms with E-state index in [0.29, 0.717) is 10.2 Å². The van der Waals surface area contributed by atoms with Gasteiger partial charge in [0.1, 0.15) is 0 Å². The fourth-order valence-electron chi connectivity index (χ4n) is 2.91. The van der Waals surface area contributed by atoms with Crippen molar-refractivity contribution in [3.05, 3.63) is 0 Å². The van der Waals surface area contributed by atoms with Crippen LogP contribution in [0.3, 0.4) is 0 Å². The predicted molar refractivity (Wildman–Crippen MR) is 92.1 cm³/mol. The molecule has 1 heterocycles. The van der Waals surface area contributed by atoms with Gasteiger partial charge in [0.25, 0.3) is 0 Å². The Balaban J connectivity index is 2.64. The lowest BCUT2D eigenvalue weighted by Crippen LogP contribution is -2.50. The Morgan fingerprint density at radius 3 is 2.45 bits per heavy atom. The summed E-state index contributed by atoms with van der Waals surface area (Å²) in [7, 11) is 0. The fourth-order valence-corrected chi connectivity index (χ4v) is 4.44. The minimum absolute atomic E-state index is 0.0415. The highest BCUT2D eigenvalue weighted by molar-refractivity contribution is 7.99. The molecule has 1 amide bonds. The Labute approximate surface area is 132 Å². The summed E-state index contributed by atoms with van der Waals surface area (Å²) in [5, 5.41) is 3.67. The van der Waals surface area contributed by atoms with Crippen LogP contribution in [0.15, 0.2) is 0 Å². The number of nitrogens with one attached hydrogen (secondary N) is 1. The third kappa shape index (κ3) is 4.62. The van der Waals surface area contributed by atoms with Crippen molar-refractivity contribution in [1.29, 1.82) is 0 Å². The van der Waals surface area contributed by atoms with E-state index in [1.165, 1.54) is 25.0 Å². The first kappa shape index (κ1) is 17.8. The molecule has 0 saturated carbocycles. The number of thioether (sulfide) groups is 1. The molecule has 20 heavy (non-hydrogen) atoms. The van der Waals surface area contributed by atoms with Gasteiger partial charge in [-0.25, -0.2) is 0 Å². The number of rotatable bonds is 8. The predicted octanol–water partition coefficient (Wildman–Crippen LogP) is 3.26. The third-order valence-electron chi connectivity index (χ3n) is 4.02. The van der Waals surface area contributed by atoms with Crippen molar-refractivity contribution in [2.45, 2.75) is 64.0 Å². The van der Waals surface area contributed by atoms with E-state index in [0.717, 1.165) is 32.2 Å². The average Bonchev–Trinajstić information content (AvgIpc) is 2.45. The van der Waals surface area contributed by atoms with E-state index in [9.17, 15) is 4.79 Å². The van der Waals surface area contributed by atoms with Crippen molar-refractivity contribution in [3.8, 4) is 0 Å². The van der Waals surface area contributed by atoms with Gasteiger partial charge in [-0.05, 0) is 31.4 Å². The number of amides is 1. The van der Waals surface area contributed by atoms with Crippen molar-refractivity contribution in [1.82, 2.24) is 5.32 Å². The van der Waals surface area contributed by atoms with E-state index in [4.69, 9.17) is 18.0 Å². The molecule has 0 aromatic rings. The monoisotopic (exact) mass is 316 g/mol. The first-order valence-electron chi connectivity index (χ1n) is 7.76. The highest BCUT2D eigenvalue weighted by atomic mass is 32.2. The lowest BCUT2D eigenvalue weighted by Gasteiger charge is -2.32. The average molecular weight is 317 g/mol. The van der Waals surface area contributed by atoms with E-state index in [1.807, 2.05) is 11.8 Å². The zero-order chi connectivity index (χ0) is 15.0. The van der Waals surface area contributed by atoms with Crippen molar-refractivity contribution in [3.63, 3.8) is 0 Å². The molecule has 0 aromatic carbocycles. The van der Waals surface area contributed by atoms with Crippen LogP contribution in [-0.4, -0.2) is 28.4 Å². The highest BCUT2D eigenvalue weighted by Gasteiger charge is 2.39. The number of nitrogens with two attached hydrogens (primary N) is 1. The molecule has 0 spiro atoms. The van der Waals surface area contributed by atoms with Crippen LogP contribution in [0.5, 0.6) is 0 Å². The molecule has 1 unspecified atom stereocenters. The van der Waals surface area contributed by atoms with Crippen LogP contribution in [0.25, 0.3) is 0 Å². The summed E-state index contributed by atoms with van der Waals surface area (Å²) in [6.07, 6.45) is 7.12. The molecule has 116 valence electrons. The molecule has 1 aliphatic heterocycles. The number of hydrogen-bond acceptors (Lipinski definition) is 3. The summed E-state index contributed by atoms with van der Waals surface area (Å²) in [5.41, 5.74) is 5.28. The summed E-state index contributed by atoms with van der Waals surface area (Å²) in [6, 6.07) is 0. The molecule has 5 heteroatoms. The summed E-state index contributed by atoms with van der Waals surface area (Å²) in [4.78, 5) is 13.0. The highest BCUT2D eigenvalue weighted by Crippen LogP contribution is 2.31. The van der Waals surface area contributed by atoms with Gasteiger partial charge >= 0.3 is 0 Å². The van der Waals surface area contributed by atoms with Crippen molar-refractivity contribution < 1.29 is 4.79 Å². The lowest BCUT2D eigenvalue weighted by molar-refractivity contribution is -0.128. The number of carbonyl (C=O) groups is 1. The topological polar surface area (TPSA) is 55.1 Å². The van der Waals surface area contributed by atoms with Gasteiger partial charge in [0.2, 0.25) is 5.91 Å². The van der Waals surface area contributed by atoms with E-state index >= 15 is 0 Å². The van der Waals surface area contributed by atoms with Crippen LogP contribution in [-0.2, 0) is 4.79 Å². The van der Waals surface area contributed by atoms with Gasteiger partial charge in [-0.2, -0.15) is 11.8 Å². The molecule has 1 rings (SSSR count). The normalized spacial score (nSPS) is 19.6. The molecule has 0 aromatic heterocycles. The van der Waals surface area contributed by atoms with E-state index in [1.54, 1.807) is 0 Å². The number of hydrogen-bond donors (Lipinski definition) is 2. The molecule has 3 N–H and O–H groups in total. The Hall–Kier alpha value is -0.290. The molecule has 0 radical (unpaired) electrons. The second-order valence-corrected chi connectivity index (χ2v) is 7.49. The maximum absolute atomic E-state index is 12.6. The Morgan fingerprint density at radius 2 is 2.00 bits per heavy atom. The molecule has 3 nitrogen and oxygen atoms in total. The van der Waals surface area contributed by atoms with E-state index in [-0.39, 0.29) is 5.91 Å². The van der Waals surface area contributed by atoms with Crippen molar-refractivity contribution in [2.24, 2.45) is 11.1 Å². The van der Waals surface area contributed by atoms with Crippen LogP contribution in [0.1, 0.15) is 58.8 Å². The maximum atomic E-state index is 12.6. The number of thiocarbonyl (C=S) groups is 1. The van der Waals surface area contributed by atoms with Crippen LogP contribution in [0.4, 0.5) is 0 Å². The zero-order valence-electron chi connectivity index (χ0n) is 12.7. The molecular weight excluding hydrogens is 288 g/mol. The quantitative estimate of drug-likeness (QED) is 0.675. The van der Waals surface area contributed by atoms with E-state index in [2.05, 4.69) is 19.2 Å². The van der Waals surface area contributed by atoms with Gasteiger partial charge in [-0.15, -0.1) is 0 Å². The van der Waals surface area contributed by atoms with E-state index < -0.39 is 5.41 Å². The summed E-state index contributed by atoms with van der Waals surface area (Å²) >= 11 is 7.19. The maximum Gasteiger partial charge on any atom is 0.233 e. The SMILES string of the molecule is CCCC(CCC)(C(=O)NCC1CCCCS1)C(N)=S. The Kier molecular flexibility index (Phi) is 7.88. The molecule has 1 fully saturated rings. The molecule has 0 aliphatic carbocycles. The Morgan fingerprint density at radius 1 is 1.35 bits per heavy atom. The van der Waals surface area contributed by atoms with Gasteiger partial charge < -0.3 is 11.1 Å². The first-order chi connectivity index (χ1) is 9.56. The summed E-state index contributed by atoms with van der Waals surface area (Å²) < 4.78 is 0. The molecule has 0 bridgehead atoms.